The number of hydrogen-bond donors (Lipinski definition) is 1. The lowest BCUT2D eigenvalue weighted by molar-refractivity contribution is -0.143. The Labute approximate surface area is 121 Å². The molecule has 0 spiro atoms. The van der Waals surface area contributed by atoms with Gasteiger partial charge in [0, 0.05) is 18.1 Å². The zero-order valence-corrected chi connectivity index (χ0v) is 12.4. The van der Waals surface area contributed by atoms with Crippen molar-refractivity contribution >= 4 is 27.6 Å². The summed E-state index contributed by atoms with van der Waals surface area (Å²) in [6.07, 6.45) is 0. The molecule has 3 rings (SSSR count). The standard InChI is InChI=1S/C13H15NO4S2/c15-13(16)10-7-19-6-5-14(10)11-8-20(17,18)12-4-2-1-3-9(11)12/h1-4,10-11H,5-8H2,(H,15,16). The van der Waals surface area contributed by atoms with Gasteiger partial charge in [-0.1, -0.05) is 18.2 Å². The van der Waals surface area contributed by atoms with Crippen LogP contribution in [-0.4, -0.2) is 54.2 Å². The molecule has 0 aliphatic carbocycles. The van der Waals surface area contributed by atoms with Crippen LogP contribution in [0.5, 0.6) is 0 Å². The molecule has 2 aliphatic heterocycles. The van der Waals surface area contributed by atoms with Crippen LogP contribution >= 0.6 is 11.8 Å². The van der Waals surface area contributed by atoms with Crippen LogP contribution in [0.15, 0.2) is 29.2 Å². The highest BCUT2D eigenvalue weighted by molar-refractivity contribution is 7.99. The fourth-order valence-electron chi connectivity index (χ4n) is 2.90. The van der Waals surface area contributed by atoms with Crippen molar-refractivity contribution in [2.45, 2.75) is 17.0 Å². The third-order valence-corrected chi connectivity index (χ3v) is 6.66. The molecule has 0 aromatic heterocycles. The molecule has 1 saturated heterocycles. The summed E-state index contributed by atoms with van der Waals surface area (Å²) in [6.45, 7) is 0.607. The molecule has 2 atom stereocenters. The summed E-state index contributed by atoms with van der Waals surface area (Å²) in [5.74, 6) is 0.455. The van der Waals surface area contributed by atoms with E-state index in [1.807, 2.05) is 4.90 Å². The van der Waals surface area contributed by atoms with Crippen LogP contribution in [0.2, 0.25) is 0 Å². The molecule has 0 bridgehead atoms. The Kier molecular flexibility index (Phi) is 3.51. The number of hydrogen-bond acceptors (Lipinski definition) is 5. The fraction of sp³-hybridized carbons (Fsp3) is 0.462. The summed E-state index contributed by atoms with van der Waals surface area (Å²) in [5.41, 5.74) is 0.741. The van der Waals surface area contributed by atoms with Crippen molar-refractivity contribution < 1.29 is 18.3 Å². The van der Waals surface area contributed by atoms with Crippen LogP contribution in [0.4, 0.5) is 0 Å². The topological polar surface area (TPSA) is 74.7 Å². The number of sulfone groups is 1. The number of benzene rings is 1. The Bertz CT molecular complexity index is 644. The van der Waals surface area contributed by atoms with Crippen molar-refractivity contribution in [3.8, 4) is 0 Å². The van der Waals surface area contributed by atoms with Crippen LogP contribution in [0.3, 0.4) is 0 Å². The molecule has 5 nitrogen and oxygen atoms in total. The van der Waals surface area contributed by atoms with Crippen molar-refractivity contribution in [1.29, 1.82) is 0 Å². The first-order valence-corrected chi connectivity index (χ1v) is 9.19. The SMILES string of the molecule is O=C(O)C1CSCCN1C1CS(=O)(=O)c2ccccc21. The molecule has 20 heavy (non-hydrogen) atoms. The van der Waals surface area contributed by atoms with Gasteiger partial charge in [0.15, 0.2) is 9.84 Å². The molecule has 7 heteroatoms. The minimum absolute atomic E-state index is 0.0131. The van der Waals surface area contributed by atoms with Crippen molar-refractivity contribution in [2.24, 2.45) is 0 Å². The minimum Gasteiger partial charge on any atom is -0.480 e. The lowest BCUT2D eigenvalue weighted by Gasteiger charge is -2.36. The largest absolute Gasteiger partial charge is 0.480 e. The summed E-state index contributed by atoms with van der Waals surface area (Å²) in [4.78, 5) is 13.6. The van der Waals surface area contributed by atoms with E-state index in [0.29, 0.717) is 17.2 Å². The normalized spacial score (nSPS) is 29.0. The average molecular weight is 313 g/mol. The molecule has 2 aliphatic rings. The Morgan fingerprint density at radius 2 is 2.10 bits per heavy atom. The summed E-state index contributed by atoms with van der Waals surface area (Å²) in [6, 6.07) is 5.98. The van der Waals surface area contributed by atoms with Gasteiger partial charge in [-0.05, 0) is 11.6 Å². The second kappa shape index (κ2) is 5.05. The van der Waals surface area contributed by atoms with E-state index in [1.54, 1.807) is 36.0 Å². The molecule has 108 valence electrons. The van der Waals surface area contributed by atoms with Gasteiger partial charge in [0.1, 0.15) is 6.04 Å². The van der Waals surface area contributed by atoms with Gasteiger partial charge in [-0.3, -0.25) is 9.69 Å². The highest BCUT2D eigenvalue weighted by atomic mass is 32.2. The van der Waals surface area contributed by atoms with E-state index in [1.165, 1.54) is 0 Å². The van der Waals surface area contributed by atoms with Crippen molar-refractivity contribution in [2.75, 3.05) is 23.8 Å². The first-order chi connectivity index (χ1) is 9.50. The molecule has 1 aromatic rings. The number of thioether (sulfide) groups is 1. The van der Waals surface area contributed by atoms with Crippen molar-refractivity contribution in [3.05, 3.63) is 29.8 Å². The molecule has 0 saturated carbocycles. The predicted octanol–water partition coefficient (Wildman–Crippen LogP) is 1.02. The van der Waals surface area contributed by atoms with E-state index >= 15 is 0 Å². The Morgan fingerprint density at radius 3 is 2.85 bits per heavy atom. The number of carboxylic acid groups (broad SMARTS) is 1. The van der Waals surface area contributed by atoms with E-state index in [9.17, 15) is 18.3 Å². The molecule has 1 N–H and O–H groups in total. The number of fused-ring (bicyclic) bond motifs is 1. The molecular weight excluding hydrogens is 298 g/mol. The highest BCUT2D eigenvalue weighted by Gasteiger charge is 2.42. The Morgan fingerprint density at radius 1 is 1.35 bits per heavy atom. The monoisotopic (exact) mass is 313 g/mol. The second-order valence-corrected chi connectivity index (χ2v) is 8.15. The Balaban J connectivity index is 2.01. The van der Waals surface area contributed by atoms with Gasteiger partial charge in [-0.2, -0.15) is 11.8 Å². The van der Waals surface area contributed by atoms with Gasteiger partial charge in [0.2, 0.25) is 0 Å². The maximum Gasteiger partial charge on any atom is 0.321 e. The number of rotatable bonds is 2. The molecule has 0 radical (unpaired) electrons. The van der Waals surface area contributed by atoms with Crippen molar-refractivity contribution in [3.63, 3.8) is 0 Å². The van der Waals surface area contributed by atoms with E-state index < -0.39 is 21.8 Å². The van der Waals surface area contributed by atoms with Crippen LogP contribution < -0.4 is 0 Å². The molecular formula is C13H15NO4S2. The first kappa shape index (κ1) is 13.9. The van der Waals surface area contributed by atoms with Gasteiger partial charge in [-0.25, -0.2) is 8.42 Å². The van der Waals surface area contributed by atoms with E-state index in [0.717, 1.165) is 11.3 Å². The Hall–Kier alpha value is -1.05. The first-order valence-electron chi connectivity index (χ1n) is 6.39. The second-order valence-electron chi connectivity index (χ2n) is 5.00. The van der Waals surface area contributed by atoms with Crippen LogP contribution in [0.1, 0.15) is 11.6 Å². The van der Waals surface area contributed by atoms with Gasteiger partial charge in [0.05, 0.1) is 16.7 Å². The summed E-state index contributed by atoms with van der Waals surface area (Å²) in [5, 5.41) is 9.34. The zero-order valence-electron chi connectivity index (χ0n) is 10.7. The number of carbonyl (C=O) groups is 1. The maximum absolute atomic E-state index is 12.2. The van der Waals surface area contributed by atoms with Crippen LogP contribution in [0.25, 0.3) is 0 Å². The molecule has 1 fully saturated rings. The van der Waals surface area contributed by atoms with Gasteiger partial charge in [-0.15, -0.1) is 0 Å². The average Bonchev–Trinajstić information content (AvgIpc) is 2.71. The molecule has 2 heterocycles. The third-order valence-electron chi connectivity index (χ3n) is 3.85. The predicted molar refractivity (Wildman–Crippen MR) is 76.7 cm³/mol. The lowest BCUT2D eigenvalue weighted by atomic mass is 10.1. The summed E-state index contributed by atoms with van der Waals surface area (Å²) >= 11 is 1.60. The van der Waals surface area contributed by atoms with Gasteiger partial charge in [0.25, 0.3) is 0 Å². The van der Waals surface area contributed by atoms with Crippen LogP contribution in [0, 0.1) is 0 Å². The maximum atomic E-state index is 12.2. The van der Waals surface area contributed by atoms with Crippen LogP contribution in [-0.2, 0) is 14.6 Å². The quantitative estimate of drug-likeness (QED) is 0.878. The van der Waals surface area contributed by atoms with E-state index in [4.69, 9.17) is 0 Å². The summed E-state index contributed by atoms with van der Waals surface area (Å²) in [7, 11) is -3.29. The minimum atomic E-state index is -3.29. The van der Waals surface area contributed by atoms with E-state index in [2.05, 4.69) is 0 Å². The zero-order chi connectivity index (χ0) is 14.3. The van der Waals surface area contributed by atoms with Gasteiger partial charge < -0.3 is 5.11 Å². The van der Waals surface area contributed by atoms with Gasteiger partial charge >= 0.3 is 5.97 Å². The number of carboxylic acids is 1. The lowest BCUT2D eigenvalue weighted by Crippen LogP contribution is -2.49. The summed E-state index contributed by atoms with van der Waals surface area (Å²) < 4.78 is 24.4. The van der Waals surface area contributed by atoms with E-state index in [-0.39, 0.29) is 11.8 Å². The molecule has 2 unspecified atom stereocenters. The smallest absolute Gasteiger partial charge is 0.321 e. The third kappa shape index (κ3) is 2.23. The number of nitrogens with zero attached hydrogens (tertiary/aromatic N) is 1. The fourth-order valence-corrected chi connectivity index (χ4v) is 5.78. The molecule has 1 aromatic carbocycles. The van der Waals surface area contributed by atoms with Crippen molar-refractivity contribution in [1.82, 2.24) is 4.90 Å². The highest BCUT2D eigenvalue weighted by Crippen LogP contribution is 2.39. The number of aliphatic carboxylic acids is 1. The molecule has 0 amide bonds.